The van der Waals surface area contributed by atoms with E-state index in [9.17, 15) is 9.90 Å². The molecule has 0 bridgehead atoms. The molecule has 0 aromatic rings. The summed E-state index contributed by atoms with van der Waals surface area (Å²) in [5.74, 6) is -1.40. The van der Waals surface area contributed by atoms with Gasteiger partial charge in [-0.1, -0.05) is 6.92 Å². The SMILES string of the molecule is CCC(O)C(=O)[O-].[Li+]. The summed E-state index contributed by atoms with van der Waals surface area (Å²) < 4.78 is 0. The molecule has 1 N–H and O–H groups in total. The quantitative estimate of drug-likeness (QED) is 0.364. The third kappa shape index (κ3) is 4.19. The van der Waals surface area contributed by atoms with Crippen LogP contribution in [0.2, 0.25) is 0 Å². The summed E-state index contributed by atoms with van der Waals surface area (Å²) in [5.41, 5.74) is 0. The zero-order valence-corrected chi connectivity index (χ0v) is 5.05. The zero-order chi connectivity index (χ0) is 5.86. The van der Waals surface area contributed by atoms with E-state index in [2.05, 4.69) is 0 Å². The molecule has 8 heavy (non-hydrogen) atoms. The minimum atomic E-state index is -1.40. The van der Waals surface area contributed by atoms with Gasteiger partial charge in [0.25, 0.3) is 0 Å². The van der Waals surface area contributed by atoms with Gasteiger partial charge in [0.15, 0.2) is 0 Å². The van der Waals surface area contributed by atoms with E-state index in [1.54, 1.807) is 6.92 Å². The Morgan fingerprint density at radius 2 is 2.25 bits per heavy atom. The Labute approximate surface area is 59.9 Å². The van der Waals surface area contributed by atoms with Crippen LogP contribution in [0.1, 0.15) is 13.3 Å². The number of carboxylic acids is 1. The smallest absolute Gasteiger partial charge is 0.547 e. The van der Waals surface area contributed by atoms with Gasteiger partial charge in [-0.15, -0.1) is 0 Å². The third-order valence-corrected chi connectivity index (χ3v) is 0.659. The summed E-state index contributed by atoms with van der Waals surface area (Å²) >= 11 is 0. The minimum absolute atomic E-state index is 0. The molecule has 1 unspecified atom stereocenters. The van der Waals surface area contributed by atoms with Gasteiger partial charge in [-0.05, 0) is 6.42 Å². The van der Waals surface area contributed by atoms with Gasteiger partial charge in [0.2, 0.25) is 0 Å². The Balaban J connectivity index is 0. The number of hydrogen-bond acceptors (Lipinski definition) is 3. The molecule has 0 radical (unpaired) electrons. The van der Waals surface area contributed by atoms with Gasteiger partial charge in [0.05, 0.1) is 12.1 Å². The second-order valence-electron chi connectivity index (χ2n) is 1.24. The fourth-order valence-electron chi connectivity index (χ4n) is 0.167. The maximum absolute atomic E-state index is 9.57. The largest absolute Gasteiger partial charge is 1.00 e. The topological polar surface area (TPSA) is 60.4 Å². The van der Waals surface area contributed by atoms with Crippen LogP contribution in [0.25, 0.3) is 0 Å². The van der Waals surface area contributed by atoms with Crippen molar-refractivity contribution in [3.8, 4) is 0 Å². The number of aliphatic carboxylic acids is 1. The molecule has 0 saturated carbocycles. The molecule has 0 saturated heterocycles. The van der Waals surface area contributed by atoms with Gasteiger partial charge in [-0.3, -0.25) is 0 Å². The predicted molar refractivity (Wildman–Crippen MR) is 21.3 cm³/mol. The van der Waals surface area contributed by atoms with Crippen LogP contribution < -0.4 is 24.0 Å². The molecule has 0 aliphatic rings. The van der Waals surface area contributed by atoms with Crippen molar-refractivity contribution in [2.45, 2.75) is 19.4 Å². The molecule has 3 nitrogen and oxygen atoms in total. The van der Waals surface area contributed by atoms with Crippen LogP contribution in [-0.2, 0) is 4.79 Å². The Morgan fingerprint density at radius 3 is 2.25 bits per heavy atom. The fraction of sp³-hybridized carbons (Fsp3) is 0.750. The van der Waals surface area contributed by atoms with Crippen LogP contribution in [-0.4, -0.2) is 17.2 Å². The summed E-state index contributed by atoms with van der Waals surface area (Å²) in [5, 5.41) is 17.8. The van der Waals surface area contributed by atoms with Crippen molar-refractivity contribution in [1.82, 2.24) is 0 Å². The number of carbonyl (C=O) groups is 1. The average Bonchev–Trinajstić information content (AvgIpc) is 1.65. The van der Waals surface area contributed by atoms with Gasteiger partial charge >= 0.3 is 18.9 Å². The van der Waals surface area contributed by atoms with Gasteiger partial charge in [0, 0.05) is 0 Å². The van der Waals surface area contributed by atoms with Crippen LogP contribution >= 0.6 is 0 Å². The van der Waals surface area contributed by atoms with Gasteiger partial charge in [-0.25, -0.2) is 0 Å². The molecule has 0 fully saturated rings. The number of carboxylic acid groups (broad SMARTS) is 1. The first kappa shape index (κ1) is 10.9. The van der Waals surface area contributed by atoms with E-state index in [1.165, 1.54) is 0 Å². The monoisotopic (exact) mass is 110 g/mol. The van der Waals surface area contributed by atoms with Crippen molar-refractivity contribution >= 4 is 5.97 Å². The van der Waals surface area contributed by atoms with Crippen LogP contribution in [0.5, 0.6) is 0 Å². The number of hydrogen-bond donors (Lipinski definition) is 1. The molecule has 4 heteroatoms. The molecule has 0 heterocycles. The van der Waals surface area contributed by atoms with E-state index in [-0.39, 0.29) is 25.3 Å². The average molecular weight is 110 g/mol. The Hall–Kier alpha value is 0.0274. The van der Waals surface area contributed by atoms with Gasteiger partial charge < -0.3 is 15.0 Å². The van der Waals surface area contributed by atoms with Gasteiger partial charge in [0.1, 0.15) is 0 Å². The first-order chi connectivity index (χ1) is 3.18. The number of aliphatic hydroxyl groups is 1. The van der Waals surface area contributed by atoms with E-state index in [0.717, 1.165) is 0 Å². The summed E-state index contributed by atoms with van der Waals surface area (Å²) in [7, 11) is 0. The molecule has 42 valence electrons. The number of aliphatic hydroxyl groups excluding tert-OH is 1. The molecular formula is C4H7LiO3. The van der Waals surface area contributed by atoms with E-state index >= 15 is 0 Å². The van der Waals surface area contributed by atoms with Crippen molar-refractivity contribution in [2.24, 2.45) is 0 Å². The fourth-order valence-corrected chi connectivity index (χ4v) is 0.167. The predicted octanol–water partition coefficient (Wildman–Crippen LogP) is -4.49. The maximum atomic E-state index is 9.57. The van der Waals surface area contributed by atoms with Crippen molar-refractivity contribution in [2.75, 3.05) is 0 Å². The zero-order valence-electron chi connectivity index (χ0n) is 5.05. The normalized spacial score (nSPS) is 11.8. The molecule has 0 spiro atoms. The summed E-state index contributed by atoms with van der Waals surface area (Å²) in [6, 6.07) is 0. The first-order valence-corrected chi connectivity index (χ1v) is 2.07. The summed E-state index contributed by atoms with van der Waals surface area (Å²) in [6.07, 6.45) is -1.08. The number of rotatable bonds is 2. The molecule has 0 aliphatic carbocycles. The van der Waals surface area contributed by atoms with Crippen LogP contribution in [0.4, 0.5) is 0 Å². The van der Waals surface area contributed by atoms with Crippen molar-refractivity contribution in [3.05, 3.63) is 0 Å². The molecule has 1 atom stereocenters. The van der Waals surface area contributed by atoms with E-state index in [0.29, 0.717) is 0 Å². The minimum Gasteiger partial charge on any atom is -0.547 e. The molecular weight excluding hydrogens is 103 g/mol. The van der Waals surface area contributed by atoms with Gasteiger partial charge in [-0.2, -0.15) is 0 Å². The maximum Gasteiger partial charge on any atom is 1.00 e. The van der Waals surface area contributed by atoms with Crippen molar-refractivity contribution in [1.29, 1.82) is 0 Å². The second kappa shape index (κ2) is 5.17. The summed E-state index contributed by atoms with van der Waals surface area (Å²) in [6.45, 7) is 1.57. The van der Waals surface area contributed by atoms with Crippen LogP contribution in [0, 0.1) is 0 Å². The Kier molecular flexibility index (Phi) is 7.05. The Bertz CT molecular complexity index is 73.7. The third-order valence-electron chi connectivity index (χ3n) is 0.659. The molecule has 0 aromatic carbocycles. The number of carbonyl (C=O) groups excluding carboxylic acids is 1. The molecule has 0 aliphatic heterocycles. The summed E-state index contributed by atoms with van der Waals surface area (Å²) in [4.78, 5) is 9.57. The second-order valence-corrected chi connectivity index (χ2v) is 1.24. The van der Waals surface area contributed by atoms with Crippen molar-refractivity contribution in [3.63, 3.8) is 0 Å². The van der Waals surface area contributed by atoms with E-state index in [1.807, 2.05) is 0 Å². The van der Waals surface area contributed by atoms with E-state index < -0.39 is 12.1 Å². The molecule has 0 aromatic heterocycles. The Morgan fingerprint density at radius 1 is 1.88 bits per heavy atom. The van der Waals surface area contributed by atoms with Crippen LogP contribution in [0.3, 0.4) is 0 Å². The molecule has 0 amide bonds. The molecule has 0 rings (SSSR count). The van der Waals surface area contributed by atoms with E-state index in [4.69, 9.17) is 5.11 Å². The van der Waals surface area contributed by atoms with Crippen molar-refractivity contribution < 1.29 is 33.9 Å². The van der Waals surface area contributed by atoms with Crippen LogP contribution in [0.15, 0.2) is 0 Å². The standard InChI is InChI=1S/C4H8O3.Li/c1-2-3(5)4(6)7;/h3,5H,2H2,1H3,(H,6,7);/q;+1/p-1. The first-order valence-electron chi connectivity index (χ1n) is 2.07.